The number of rotatable bonds is 7. The standard InChI is InChI=1S/C23H28O4/c1-6-7-18-14-20(27-23(25)16(4)5)12-13-21(18)17-8-10-19(11-9-17)26-22(24)15(2)3/h8,10,14H,2,4,6-7,9,11-13H2,1,3,5H3. The monoisotopic (exact) mass is 368 g/mol. The maximum absolute atomic E-state index is 11.8. The largest absolute Gasteiger partial charge is 0.428 e. The van der Waals surface area contributed by atoms with Gasteiger partial charge in [0.25, 0.3) is 0 Å². The van der Waals surface area contributed by atoms with Crippen molar-refractivity contribution < 1.29 is 19.1 Å². The van der Waals surface area contributed by atoms with E-state index in [1.807, 2.05) is 18.2 Å². The van der Waals surface area contributed by atoms with Crippen molar-refractivity contribution in [2.45, 2.75) is 59.3 Å². The number of ether oxygens (including phenoxy) is 2. The second-order valence-electron chi connectivity index (χ2n) is 7.03. The third-order valence-electron chi connectivity index (χ3n) is 4.51. The molecule has 0 aromatic carbocycles. The maximum Gasteiger partial charge on any atom is 0.338 e. The van der Waals surface area contributed by atoms with E-state index in [0.717, 1.165) is 25.7 Å². The Kier molecular flexibility index (Phi) is 7.17. The highest BCUT2D eigenvalue weighted by Gasteiger charge is 2.21. The van der Waals surface area contributed by atoms with Gasteiger partial charge in [-0.15, -0.1) is 0 Å². The van der Waals surface area contributed by atoms with Crippen molar-refractivity contribution in [1.29, 1.82) is 0 Å². The number of carbonyl (C=O) groups excluding carboxylic acids is 2. The van der Waals surface area contributed by atoms with Crippen molar-refractivity contribution >= 4 is 11.9 Å². The van der Waals surface area contributed by atoms with Gasteiger partial charge < -0.3 is 9.47 Å². The van der Waals surface area contributed by atoms with Crippen molar-refractivity contribution in [2.24, 2.45) is 0 Å². The molecule has 2 rings (SSSR count). The van der Waals surface area contributed by atoms with Gasteiger partial charge in [-0.3, -0.25) is 0 Å². The zero-order valence-corrected chi connectivity index (χ0v) is 16.5. The first-order valence-electron chi connectivity index (χ1n) is 9.39. The quantitative estimate of drug-likeness (QED) is 0.433. The third-order valence-corrected chi connectivity index (χ3v) is 4.51. The first-order valence-corrected chi connectivity index (χ1v) is 9.39. The summed E-state index contributed by atoms with van der Waals surface area (Å²) in [6, 6.07) is 0. The van der Waals surface area contributed by atoms with Crippen LogP contribution < -0.4 is 0 Å². The van der Waals surface area contributed by atoms with Crippen LogP contribution in [0.5, 0.6) is 0 Å². The van der Waals surface area contributed by atoms with E-state index < -0.39 is 0 Å². The summed E-state index contributed by atoms with van der Waals surface area (Å²) < 4.78 is 10.8. The summed E-state index contributed by atoms with van der Waals surface area (Å²) in [7, 11) is 0. The fraction of sp³-hybridized carbons (Fsp3) is 0.391. The number of carbonyl (C=O) groups is 2. The van der Waals surface area contributed by atoms with Crippen molar-refractivity contribution in [3.8, 4) is 0 Å². The Morgan fingerprint density at radius 1 is 0.926 bits per heavy atom. The van der Waals surface area contributed by atoms with Gasteiger partial charge in [0.15, 0.2) is 0 Å². The highest BCUT2D eigenvalue weighted by Crippen LogP contribution is 2.36. The second-order valence-corrected chi connectivity index (χ2v) is 7.03. The molecule has 2 aliphatic rings. The summed E-state index contributed by atoms with van der Waals surface area (Å²) in [6.45, 7) is 12.7. The van der Waals surface area contributed by atoms with Crippen molar-refractivity contribution in [3.63, 3.8) is 0 Å². The lowest BCUT2D eigenvalue weighted by Gasteiger charge is -2.24. The van der Waals surface area contributed by atoms with Gasteiger partial charge in [0.1, 0.15) is 11.5 Å². The van der Waals surface area contributed by atoms with E-state index in [0.29, 0.717) is 35.5 Å². The molecule has 0 heterocycles. The van der Waals surface area contributed by atoms with Crippen molar-refractivity contribution in [1.82, 2.24) is 0 Å². The van der Waals surface area contributed by atoms with E-state index in [1.54, 1.807) is 13.8 Å². The van der Waals surface area contributed by atoms with Crippen LogP contribution >= 0.6 is 0 Å². The van der Waals surface area contributed by atoms with Gasteiger partial charge in [-0.25, -0.2) is 9.59 Å². The molecule has 0 N–H and O–H groups in total. The maximum atomic E-state index is 11.8. The third kappa shape index (κ3) is 5.68. The molecule has 4 heteroatoms. The Hall–Kier alpha value is -2.62. The predicted molar refractivity (Wildman–Crippen MR) is 106 cm³/mol. The van der Waals surface area contributed by atoms with Gasteiger partial charge in [-0.1, -0.05) is 32.6 Å². The molecular formula is C23H28O4. The van der Waals surface area contributed by atoms with E-state index in [-0.39, 0.29) is 11.9 Å². The SMILES string of the molecule is C=C(C)C(=O)OC1=CC=C(C2=C(CCC)C=C(OC(=O)C(=C)C)CC2)CC1. The van der Waals surface area contributed by atoms with E-state index >= 15 is 0 Å². The molecule has 0 atom stereocenters. The lowest BCUT2D eigenvalue weighted by molar-refractivity contribution is -0.136. The second kappa shape index (κ2) is 9.36. The van der Waals surface area contributed by atoms with Crippen LogP contribution in [0.3, 0.4) is 0 Å². The minimum absolute atomic E-state index is 0.371. The fourth-order valence-corrected chi connectivity index (χ4v) is 3.07. The van der Waals surface area contributed by atoms with E-state index in [2.05, 4.69) is 20.1 Å². The number of hydrogen-bond acceptors (Lipinski definition) is 4. The van der Waals surface area contributed by atoms with Crippen LogP contribution in [0.25, 0.3) is 0 Å². The summed E-state index contributed by atoms with van der Waals surface area (Å²) in [6.07, 6.45) is 10.9. The minimum atomic E-state index is -0.381. The smallest absolute Gasteiger partial charge is 0.338 e. The lowest BCUT2D eigenvalue weighted by Crippen LogP contribution is -2.11. The summed E-state index contributed by atoms with van der Waals surface area (Å²) in [4.78, 5) is 23.4. The molecule has 0 bridgehead atoms. The molecule has 27 heavy (non-hydrogen) atoms. The van der Waals surface area contributed by atoms with Crippen molar-refractivity contribution in [2.75, 3.05) is 0 Å². The Balaban J connectivity index is 2.21. The van der Waals surface area contributed by atoms with E-state index in [1.165, 1.54) is 16.7 Å². The van der Waals surface area contributed by atoms with E-state index in [9.17, 15) is 9.59 Å². The molecule has 2 aliphatic carbocycles. The number of hydrogen-bond donors (Lipinski definition) is 0. The van der Waals surface area contributed by atoms with Crippen molar-refractivity contribution in [3.05, 3.63) is 70.8 Å². The highest BCUT2D eigenvalue weighted by atomic mass is 16.5. The molecule has 0 fully saturated rings. The molecule has 144 valence electrons. The zero-order valence-electron chi connectivity index (χ0n) is 16.5. The Labute approximate surface area is 161 Å². The lowest BCUT2D eigenvalue weighted by atomic mass is 9.85. The molecule has 0 aromatic heterocycles. The van der Waals surface area contributed by atoms with Gasteiger partial charge in [0.2, 0.25) is 0 Å². The van der Waals surface area contributed by atoms with Crippen LogP contribution in [-0.2, 0) is 19.1 Å². The van der Waals surface area contributed by atoms with Crippen LogP contribution in [0, 0.1) is 0 Å². The molecular weight excluding hydrogens is 340 g/mol. The molecule has 0 amide bonds. The van der Waals surface area contributed by atoms with Gasteiger partial charge in [0.05, 0.1) is 0 Å². The Morgan fingerprint density at radius 3 is 2.04 bits per heavy atom. The average molecular weight is 368 g/mol. The summed E-state index contributed by atoms with van der Waals surface area (Å²) in [5.74, 6) is 0.628. The van der Waals surface area contributed by atoms with Gasteiger partial charge in [0, 0.05) is 24.0 Å². The molecule has 4 nitrogen and oxygen atoms in total. The molecule has 0 radical (unpaired) electrons. The summed E-state index contributed by atoms with van der Waals surface area (Å²) in [5.41, 5.74) is 4.59. The van der Waals surface area contributed by atoms with Gasteiger partial charge in [-0.05, 0) is 62.0 Å². The molecule has 0 saturated heterocycles. The Bertz CT molecular complexity index is 787. The minimum Gasteiger partial charge on any atom is -0.428 e. The summed E-state index contributed by atoms with van der Waals surface area (Å²) >= 11 is 0. The normalized spacial score (nSPS) is 16.8. The average Bonchev–Trinajstić information content (AvgIpc) is 2.63. The zero-order chi connectivity index (χ0) is 20.0. The molecule has 0 unspecified atom stereocenters. The van der Waals surface area contributed by atoms with E-state index in [4.69, 9.17) is 9.47 Å². The summed E-state index contributed by atoms with van der Waals surface area (Å²) in [5, 5.41) is 0. The molecule has 0 spiro atoms. The fourth-order valence-electron chi connectivity index (χ4n) is 3.07. The van der Waals surface area contributed by atoms with Crippen LogP contribution in [0.1, 0.15) is 59.3 Å². The molecule has 0 saturated carbocycles. The van der Waals surface area contributed by atoms with Crippen LogP contribution in [-0.4, -0.2) is 11.9 Å². The first-order chi connectivity index (χ1) is 12.8. The number of allylic oxidation sites excluding steroid dienone is 8. The first kappa shape index (κ1) is 20.7. The molecule has 0 aromatic rings. The van der Waals surface area contributed by atoms with Crippen LogP contribution in [0.4, 0.5) is 0 Å². The van der Waals surface area contributed by atoms with Crippen LogP contribution in [0.15, 0.2) is 70.8 Å². The van der Waals surface area contributed by atoms with Gasteiger partial charge in [-0.2, -0.15) is 0 Å². The van der Waals surface area contributed by atoms with Gasteiger partial charge >= 0.3 is 11.9 Å². The topological polar surface area (TPSA) is 52.6 Å². The highest BCUT2D eigenvalue weighted by molar-refractivity contribution is 5.88. The number of esters is 2. The Morgan fingerprint density at radius 2 is 1.52 bits per heavy atom. The van der Waals surface area contributed by atoms with Crippen LogP contribution in [0.2, 0.25) is 0 Å². The molecule has 0 aliphatic heterocycles. The predicted octanol–water partition coefficient (Wildman–Crippen LogP) is 5.60.